The maximum absolute atomic E-state index is 5.90. The summed E-state index contributed by atoms with van der Waals surface area (Å²) in [7, 11) is 1.74. The molecule has 94 valence electrons. The zero-order valence-corrected chi connectivity index (χ0v) is 11.2. The lowest BCUT2D eigenvalue weighted by molar-refractivity contribution is 0.204. The van der Waals surface area contributed by atoms with Gasteiger partial charge in [-0.05, 0) is 37.5 Å². The Morgan fingerprint density at radius 2 is 2.24 bits per heavy atom. The van der Waals surface area contributed by atoms with Crippen LogP contribution in [-0.4, -0.2) is 31.3 Å². The van der Waals surface area contributed by atoms with Crippen molar-refractivity contribution in [1.29, 1.82) is 0 Å². The van der Waals surface area contributed by atoms with E-state index in [0.29, 0.717) is 11.9 Å². The van der Waals surface area contributed by atoms with Gasteiger partial charge in [-0.1, -0.05) is 0 Å². The standard InChI is InChI=1S/C13H19ClN2O/c1-10-7-11(9-14)8-13(15-10)16(5-6-17-2)12-3-4-12/h7-8,12H,3-6,9H2,1-2H3. The summed E-state index contributed by atoms with van der Waals surface area (Å²) >= 11 is 5.90. The minimum absolute atomic E-state index is 0.541. The van der Waals surface area contributed by atoms with Crippen molar-refractivity contribution in [3.05, 3.63) is 23.4 Å². The van der Waals surface area contributed by atoms with Crippen LogP contribution >= 0.6 is 11.6 Å². The maximum atomic E-state index is 5.90. The highest BCUT2D eigenvalue weighted by atomic mass is 35.5. The average Bonchev–Trinajstić information content (AvgIpc) is 3.13. The van der Waals surface area contributed by atoms with Gasteiger partial charge in [-0.25, -0.2) is 4.98 Å². The molecule has 1 heterocycles. The third kappa shape index (κ3) is 3.33. The van der Waals surface area contributed by atoms with Gasteiger partial charge in [0.15, 0.2) is 0 Å². The van der Waals surface area contributed by atoms with Crippen molar-refractivity contribution in [3.63, 3.8) is 0 Å². The smallest absolute Gasteiger partial charge is 0.129 e. The van der Waals surface area contributed by atoms with Gasteiger partial charge in [0.1, 0.15) is 5.82 Å². The van der Waals surface area contributed by atoms with Crippen LogP contribution in [0.2, 0.25) is 0 Å². The summed E-state index contributed by atoms with van der Waals surface area (Å²) in [4.78, 5) is 6.95. The summed E-state index contributed by atoms with van der Waals surface area (Å²) < 4.78 is 5.16. The first-order valence-corrected chi connectivity index (χ1v) is 6.57. The first-order valence-electron chi connectivity index (χ1n) is 6.03. The highest BCUT2D eigenvalue weighted by Crippen LogP contribution is 2.31. The molecule has 0 unspecified atom stereocenters. The first kappa shape index (κ1) is 12.7. The largest absolute Gasteiger partial charge is 0.383 e. The van der Waals surface area contributed by atoms with Crippen LogP contribution in [0.4, 0.5) is 5.82 Å². The number of aromatic nitrogens is 1. The Bertz CT molecular complexity index is 380. The van der Waals surface area contributed by atoms with E-state index in [2.05, 4.69) is 16.0 Å². The molecule has 0 aliphatic heterocycles. The van der Waals surface area contributed by atoms with E-state index in [1.165, 1.54) is 12.8 Å². The van der Waals surface area contributed by atoms with Gasteiger partial charge in [0.05, 0.1) is 6.61 Å². The van der Waals surface area contributed by atoms with Crippen LogP contribution in [0.5, 0.6) is 0 Å². The molecule has 0 radical (unpaired) electrons. The molecule has 1 aliphatic carbocycles. The zero-order chi connectivity index (χ0) is 12.3. The Morgan fingerprint density at radius 1 is 1.47 bits per heavy atom. The Labute approximate surface area is 108 Å². The number of alkyl halides is 1. The molecule has 2 rings (SSSR count). The second-order valence-corrected chi connectivity index (χ2v) is 4.79. The van der Waals surface area contributed by atoms with Gasteiger partial charge in [-0.3, -0.25) is 0 Å². The van der Waals surface area contributed by atoms with Crippen LogP contribution in [0, 0.1) is 6.92 Å². The molecular weight excluding hydrogens is 236 g/mol. The van der Waals surface area contributed by atoms with E-state index < -0.39 is 0 Å². The number of hydrogen-bond donors (Lipinski definition) is 0. The Morgan fingerprint density at radius 3 is 2.82 bits per heavy atom. The fourth-order valence-electron chi connectivity index (χ4n) is 2.01. The zero-order valence-electron chi connectivity index (χ0n) is 10.4. The molecule has 0 bridgehead atoms. The van der Waals surface area contributed by atoms with Crippen molar-refractivity contribution in [2.24, 2.45) is 0 Å². The normalized spacial score (nSPS) is 15.0. The summed E-state index contributed by atoms with van der Waals surface area (Å²) in [6.45, 7) is 3.66. The lowest BCUT2D eigenvalue weighted by Crippen LogP contribution is -2.30. The topological polar surface area (TPSA) is 25.4 Å². The minimum atomic E-state index is 0.541. The molecule has 1 aromatic rings. The Balaban J connectivity index is 2.18. The lowest BCUT2D eigenvalue weighted by Gasteiger charge is -2.24. The molecule has 1 aromatic heterocycles. The highest BCUT2D eigenvalue weighted by molar-refractivity contribution is 6.17. The summed E-state index contributed by atoms with van der Waals surface area (Å²) in [5, 5.41) is 0. The van der Waals surface area contributed by atoms with Crippen molar-refractivity contribution >= 4 is 17.4 Å². The molecule has 0 N–H and O–H groups in total. The summed E-state index contributed by atoms with van der Waals surface area (Å²) in [6, 6.07) is 4.77. The molecule has 0 atom stereocenters. The number of halogens is 1. The number of methoxy groups -OCH3 is 1. The summed E-state index contributed by atoms with van der Waals surface area (Å²) in [6.07, 6.45) is 2.52. The predicted octanol–water partition coefficient (Wildman–Crippen LogP) is 2.74. The monoisotopic (exact) mass is 254 g/mol. The molecule has 0 spiro atoms. The second kappa shape index (κ2) is 5.69. The van der Waals surface area contributed by atoms with Crippen molar-refractivity contribution in [2.45, 2.75) is 31.7 Å². The molecule has 1 aliphatic rings. The number of ether oxygens (including phenoxy) is 1. The third-order valence-electron chi connectivity index (χ3n) is 2.97. The van der Waals surface area contributed by atoms with Gasteiger partial charge >= 0.3 is 0 Å². The van der Waals surface area contributed by atoms with Gasteiger partial charge < -0.3 is 9.64 Å². The predicted molar refractivity (Wildman–Crippen MR) is 70.8 cm³/mol. The van der Waals surface area contributed by atoms with E-state index in [1.807, 2.05) is 13.0 Å². The lowest BCUT2D eigenvalue weighted by atomic mass is 10.2. The molecule has 1 saturated carbocycles. The van der Waals surface area contributed by atoms with Gasteiger partial charge in [0.25, 0.3) is 0 Å². The van der Waals surface area contributed by atoms with Crippen molar-refractivity contribution < 1.29 is 4.74 Å². The van der Waals surface area contributed by atoms with E-state index in [-0.39, 0.29) is 0 Å². The maximum Gasteiger partial charge on any atom is 0.129 e. The third-order valence-corrected chi connectivity index (χ3v) is 3.28. The van der Waals surface area contributed by atoms with Crippen LogP contribution in [0.1, 0.15) is 24.1 Å². The van der Waals surface area contributed by atoms with E-state index in [1.54, 1.807) is 7.11 Å². The van der Waals surface area contributed by atoms with Crippen molar-refractivity contribution in [3.8, 4) is 0 Å². The molecule has 3 nitrogen and oxygen atoms in total. The Kier molecular flexibility index (Phi) is 4.24. The number of anilines is 1. The van der Waals surface area contributed by atoms with Crippen LogP contribution in [0.3, 0.4) is 0 Å². The van der Waals surface area contributed by atoms with Gasteiger partial charge in [0.2, 0.25) is 0 Å². The highest BCUT2D eigenvalue weighted by Gasteiger charge is 2.29. The quantitative estimate of drug-likeness (QED) is 0.730. The van der Waals surface area contributed by atoms with Crippen molar-refractivity contribution in [1.82, 2.24) is 4.98 Å². The van der Waals surface area contributed by atoms with Crippen LogP contribution < -0.4 is 4.90 Å². The number of nitrogens with zero attached hydrogens (tertiary/aromatic N) is 2. The van der Waals surface area contributed by atoms with Gasteiger partial charge in [0, 0.05) is 31.3 Å². The van der Waals surface area contributed by atoms with E-state index >= 15 is 0 Å². The SMILES string of the molecule is COCCN(c1cc(CCl)cc(C)n1)C1CC1. The van der Waals surface area contributed by atoms with Crippen LogP contribution in [-0.2, 0) is 10.6 Å². The fourth-order valence-corrected chi connectivity index (χ4v) is 2.16. The number of hydrogen-bond acceptors (Lipinski definition) is 3. The van der Waals surface area contributed by atoms with Gasteiger partial charge in [-0.15, -0.1) is 11.6 Å². The van der Waals surface area contributed by atoms with Crippen molar-refractivity contribution in [2.75, 3.05) is 25.2 Å². The average molecular weight is 255 g/mol. The number of rotatable bonds is 6. The minimum Gasteiger partial charge on any atom is -0.383 e. The Hall–Kier alpha value is -0.800. The fraction of sp³-hybridized carbons (Fsp3) is 0.615. The molecule has 0 saturated heterocycles. The van der Waals surface area contributed by atoms with E-state index in [9.17, 15) is 0 Å². The summed E-state index contributed by atoms with van der Waals surface area (Å²) in [5.41, 5.74) is 2.17. The van der Waals surface area contributed by atoms with E-state index in [0.717, 1.165) is 30.2 Å². The second-order valence-electron chi connectivity index (χ2n) is 4.53. The molecular formula is C13H19ClN2O. The van der Waals surface area contributed by atoms with Gasteiger partial charge in [-0.2, -0.15) is 0 Å². The molecule has 4 heteroatoms. The molecule has 17 heavy (non-hydrogen) atoms. The number of aryl methyl sites for hydroxylation is 1. The van der Waals surface area contributed by atoms with E-state index in [4.69, 9.17) is 16.3 Å². The molecule has 0 amide bonds. The number of pyridine rings is 1. The van der Waals surface area contributed by atoms with Crippen LogP contribution in [0.15, 0.2) is 12.1 Å². The first-order chi connectivity index (χ1) is 8.24. The van der Waals surface area contributed by atoms with Crippen LogP contribution in [0.25, 0.3) is 0 Å². The molecule has 0 aromatic carbocycles. The summed E-state index contributed by atoms with van der Waals surface area (Å²) in [5.74, 6) is 1.58. The molecule has 1 fully saturated rings.